The predicted molar refractivity (Wildman–Crippen MR) is 73.9 cm³/mol. The summed E-state index contributed by atoms with van der Waals surface area (Å²) in [4.78, 5) is 14.2. The van der Waals surface area contributed by atoms with Crippen LogP contribution in [0, 0.1) is 5.92 Å². The summed E-state index contributed by atoms with van der Waals surface area (Å²) in [5.74, 6) is 0.556. The zero-order chi connectivity index (χ0) is 13.3. The van der Waals surface area contributed by atoms with Crippen molar-refractivity contribution in [3.05, 3.63) is 0 Å². The van der Waals surface area contributed by atoms with E-state index in [-0.39, 0.29) is 5.91 Å². The van der Waals surface area contributed by atoms with E-state index in [0.717, 1.165) is 6.54 Å². The molecule has 2 N–H and O–H groups in total. The predicted octanol–water partition coefficient (Wildman–Crippen LogP) is 1.57. The normalized spacial score (nSPS) is 10.6. The Kier molecular flexibility index (Phi) is 8.99. The van der Waals surface area contributed by atoms with Crippen molar-refractivity contribution in [1.29, 1.82) is 0 Å². The molecule has 100 valence electrons. The summed E-state index contributed by atoms with van der Waals surface area (Å²) in [5.41, 5.74) is 5.46. The summed E-state index contributed by atoms with van der Waals surface area (Å²) in [6, 6.07) is 0. The van der Waals surface area contributed by atoms with Crippen LogP contribution in [0.5, 0.6) is 0 Å². The van der Waals surface area contributed by atoms with Crippen LogP contribution in [-0.2, 0) is 9.53 Å². The van der Waals surface area contributed by atoms with Gasteiger partial charge in [-0.05, 0) is 12.8 Å². The lowest BCUT2D eigenvalue weighted by molar-refractivity contribution is -0.132. The Balaban J connectivity index is 4.14. The van der Waals surface area contributed by atoms with Crippen molar-refractivity contribution in [2.75, 3.05) is 26.3 Å². The van der Waals surface area contributed by atoms with Gasteiger partial charge in [-0.3, -0.25) is 4.79 Å². The minimum Gasteiger partial charge on any atom is -0.393 e. The molecule has 0 aromatic rings. The molecule has 4 nitrogen and oxygen atoms in total. The van der Waals surface area contributed by atoms with Gasteiger partial charge in [0.05, 0.1) is 18.0 Å². The zero-order valence-corrected chi connectivity index (χ0v) is 11.9. The Morgan fingerprint density at radius 2 is 2.06 bits per heavy atom. The Bertz CT molecular complexity index is 245. The molecule has 0 bridgehead atoms. The first-order valence-electron chi connectivity index (χ1n) is 6.11. The van der Waals surface area contributed by atoms with Crippen molar-refractivity contribution in [2.24, 2.45) is 11.7 Å². The van der Waals surface area contributed by atoms with E-state index in [0.29, 0.717) is 43.5 Å². The molecule has 0 aliphatic carbocycles. The first kappa shape index (κ1) is 16.3. The number of thiocarbonyl (C=S) groups is 1. The van der Waals surface area contributed by atoms with Gasteiger partial charge in [0.15, 0.2) is 0 Å². The molecule has 0 radical (unpaired) electrons. The quantitative estimate of drug-likeness (QED) is 0.505. The van der Waals surface area contributed by atoms with Gasteiger partial charge in [-0.1, -0.05) is 26.1 Å². The van der Waals surface area contributed by atoms with E-state index < -0.39 is 0 Å². The molecule has 0 aromatic heterocycles. The fraction of sp³-hybridized carbons (Fsp3) is 0.833. The van der Waals surface area contributed by atoms with Crippen LogP contribution < -0.4 is 5.73 Å². The zero-order valence-electron chi connectivity index (χ0n) is 11.1. The number of rotatable bonds is 9. The topological polar surface area (TPSA) is 55.6 Å². The molecule has 0 saturated heterocycles. The second kappa shape index (κ2) is 9.36. The number of amides is 1. The molecule has 5 heteroatoms. The van der Waals surface area contributed by atoms with E-state index in [2.05, 4.69) is 13.8 Å². The van der Waals surface area contributed by atoms with Crippen LogP contribution in [0.25, 0.3) is 0 Å². The number of carbonyl (C=O) groups is 1. The van der Waals surface area contributed by atoms with Crippen molar-refractivity contribution in [3.63, 3.8) is 0 Å². The second-order valence-corrected chi connectivity index (χ2v) is 4.92. The molecule has 0 aliphatic rings. The molecule has 0 atom stereocenters. The Hall–Kier alpha value is -0.680. The lowest BCUT2D eigenvalue weighted by atomic mass is 10.2. The Morgan fingerprint density at radius 3 is 2.53 bits per heavy atom. The molecule has 0 aromatic carbocycles. The van der Waals surface area contributed by atoms with Crippen molar-refractivity contribution >= 4 is 23.1 Å². The fourth-order valence-electron chi connectivity index (χ4n) is 1.47. The van der Waals surface area contributed by atoms with Crippen LogP contribution in [0.1, 0.15) is 33.6 Å². The van der Waals surface area contributed by atoms with Gasteiger partial charge in [-0.15, -0.1) is 0 Å². The summed E-state index contributed by atoms with van der Waals surface area (Å²) < 4.78 is 5.19. The molecule has 0 aliphatic heterocycles. The third-order valence-corrected chi connectivity index (χ3v) is 2.43. The number of carbonyl (C=O) groups excluding carboxylic acids is 1. The molecule has 0 fully saturated rings. The molecule has 0 spiro atoms. The monoisotopic (exact) mass is 260 g/mol. The highest BCUT2D eigenvalue weighted by atomic mass is 32.1. The van der Waals surface area contributed by atoms with Crippen LogP contribution >= 0.6 is 12.2 Å². The summed E-state index contributed by atoms with van der Waals surface area (Å²) in [5, 5.41) is 0. The summed E-state index contributed by atoms with van der Waals surface area (Å²) in [6.45, 7) is 8.57. The number of nitrogens with two attached hydrogens (primary N) is 1. The molecule has 17 heavy (non-hydrogen) atoms. The van der Waals surface area contributed by atoms with Gasteiger partial charge >= 0.3 is 0 Å². The van der Waals surface area contributed by atoms with E-state index in [4.69, 9.17) is 22.7 Å². The van der Waals surface area contributed by atoms with Crippen LogP contribution in [-0.4, -0.2) is 42.1 Å². The van der Waals surface area contributed by atoms with Gasteiger partial charge in [0.25, 0.3) is 0 Å². The maximum atomic E-state index is 11.9. The van der Waals surface area contributed by atoms with Crippen LogP contribution in [0.15, 0.2) is 0 Å². The lowest BCUT2D eigenvalue weighted by Crippen LogP contribution is -2.37. The smallest absolute Gasteiger partial charge is 0.224 e. The molecule has 0 heterocycles. The first-order valence-corrected chi connectivity index (χ1v) is 6.52. The first-order chi connectivity index (χ1) is 7.97. The highest BCUT2D eigenvalue weighted by Crippen LogP contribution is 2.03. The Labute approximate surface area is 109 Å². The number of hydrogen-bond acceptors (Lipinski definition) is 3. The van der Waals surface area contributed by atoms with E-state index in [1.54, 1.807) is 0 Å². The highest BCUT2D eigenvalue weighted by Gasteiger charge is 2.14. The van der Waals surface area contributed by atoms with Crippen molar-refractivity contribution in [1.82, 2.24) is 4.90 Å². The third kappa shape index (κ3) is 9.06. The molecule has 1 amide bonds. The highest BCUT2D eigenvalue weighted by molar-refractivity contribution is 7.80. The molecular weight excluding hydrogens is 236 g/mol. The molecule has 0 saturated carbocycles. The van der Waals surface area contributed by atoms with Gasteiger partial charge in [-0.25, -0.2) is 0 Å². The fourth-order valence-corrected chi connectivity index (χ4v) is 1.56. The van der Waals surface area contributed by atoms with E-state index in [1.165, 1.54) is 0 Å². The maximum absolute atomic E-state index is 11.9. The number of nitrogens with zero attached hydrogens (tertiary/aromatic N) is 1. The number of hydrogen-bond donors (Lipinski definition) is 1. The van der Waals surface area contributed by atoms with Crippen LogP contribution in [0.2, 0.25) is 0 Å². The molecular formula is C12H24N2O2S. The number of ether oxygens (including phenoxy) is 1. The van der Waals surface area contributed by atoms with Gasteiger partial charge < -0.3 is 15.4 Å². The standard InChI is InChI=1S/C12H24N2O2S/c1-4-16-8-6-12(15)14(9-10(2)3)7-5-11(13)17/h10H,4-9H2,1-3H3,(H2,13,17). The maximum Gasteiger partial charge on any atom is 0.224 e. The van der Waals surface area contributed by atoms with Gasteiger partial charge in [0.2, 0.25) is 5.91 Å². The van der Waals surface area contributed by atoms with E-state index >= 15 is 0 Å². The average molecular weight is 260 g/mol. The van der Waals surface area contributed by atoms with Gasteiger partial charge in [0, 0.05) is 26.1 Å². The van der Waals surface area contributed by atoms with Crippen LogP contribution in [0.4, 0.5) is 0 Å². The van der Waals surface area contributed by atoms with Gasteiger partial charge in [-0.2, -0.15) is 0 Å². The minimum absolute atomic E-state index is 0.114. The summed E-state index contributed by atoms with van der Waals surface area (Å²) in [7, 11) is 0. The minimum atomic E-state index is 0.114. The molecule has 0 rings (SSSR count). The largest absolute Gasteiger partial charge is 0.393 e. The van der Waals surface area contributed by atoms with Crippen molar-refractivity contribution < 1.29 is 9.53 Å². The van der Waals surface area contributed by atoms with E-state index in [9.17, 15) is 4.79 Å². The molecule has 0 unspecified atom stereocenters. The summed E-state index contributed by atoms with van der Waals surface area (Å²) in [6.07, 6.45) is 1.01. The average Bonchev–Trinajstić information content (AvgIpc) is 2.23. The van der Waals surface area contributed by atoms with Gasteiger partial charge in [0.1, 0.15) is 0 Å². The SMILES string of the molecule is CCOCCC(=O)N(CCC(N)=S)CC(C)C. The van der Waals surface area contributed by atoms with Crippen LogP contribution in [0.3, 0.4) is 0 Å². The van der Waals surface area contributed by atoms with Crippen molar-refractivity contribution in [3.8, 4) is 0 Å². The van der Waals surface area contributed by atoms with Crippen molar-refractivity contribution in [2.45, 2.75) is 33.6 Å². The second-order valence-electron chi connectivity index (χ2n) is 4.40. The van der Waals surface area contributed by atoms with E-state index in [1.807, 2.05) is 11.8 Å². The third-order valence-electron chi connectivity index (χ3n) is 2.23. The lowest BCUT2D eigenvalue weighted by Gasteiger charge is -2.24. The summed E-state index contributed by atoms with van der Waals surface area (Å²) >= 11 is 4.84. The Morgan fingerprint density at radius 1 is 1.41 bits per heavy atom.